The first-order chi connectivity index (χ1) is 7.99. The zero-order valence-electron chi connectivity index (χ0n) is 8.48. The smallest absolute Gasteiger partial charge is 0.0671 e. The topological polar surface area (TPSA) is 26.0 Å². The Morgan fingerprint density at radius 3 is 2.18 bits per heavy atom. The van der Waals surface area contributed by atoms with E-state index in [4.69, 9.17) is 52.1 Å². The summed E-state index contributed by atoms with van der Waals surface area (Å²) in [4.78, 5) is 0. The Kier molecular flexibility index (Phi) is 3.74. The largest absolute Gasteiger partial charge is 0.398 e. The van der Waals surface area contributed by atoms with Crippen LogP contribution < -0.4 is 5.73 Å². The molecule has 88 valence electrons. The summed E-state index contributed by atoms with van der Waals surface area (Å²) in [6.45, 7) is 0. The molecule has 0 aliphatic rings. The Labute approximate surface area is 119 Å². The van der Waals surface area contributed by atoms with Gasteiger partial charge < -0.3 is 5.73 Å². The molecule has 2 N–H and O–H groups in total. The molecule has 2 aromatic carbocycles. The standard InChI is InChI=1S/C12H7Cl4N/c13-7-4-8(12(16)10(15)5-7)6-1-2-11(17)9(14)3-6/h1-5H,17H2. The molecule has 1 nitrogen and oxygen atoms in total. The predicted molar refractivity (Wildman–Crippen MR) is 76.3 cm³/mol. The van der Waals surface area contributed by atoms with E-state index in [9.17, 15) is 0 Å². The maximum absolute atomic E-state index is 6.13. The minimum absolute atomic E-state index is 0.405. The lowest BCUT2D eigenvalue weighted by molar-refractivity contribution is 1.61. The van der Waals surface area contributed by atoms with Crippen LogP contribution in [0.2, 0.25) is 20.1 Å². The van der Waals surface area contributed by atoms with Gasteiger partial charge in [-0.25, -0.2) is 0 Å². The molecule has 2 aromatic rings. The molecule has 0 heterocycles. The number of hydrogen-bond acceptors (Lipinski definition) is 1. The molecule has 0 aliphatic carbocycles. The molecule has 0 bridgehead atoms. The van der Waals surface area contributed by atoms with E-state index in [2.05, 4.69) is 0 Å². The number of rotatable bonds is 1. The molecule has 17 heavy (non-hydrogen) atoms. The van der Waals surface area contributed by atoms with Gasteiger partial charge in [-0.3, -0.25) is 0 Å². The maximum Gasteiger partial charge on any atom is 0.0671 e. The number of anilines is 1. The van der Waals surface area contributed by atoms with E-state index in [1.165, 1.54) is 0 Å². The molecular formula is C12H7Cl4N. The van der Waals surface area contributed by atoms with E-state index in [1.807, 2.05) is 6.07 Å². The Hall–Kier alpha value is -0.600. The second kappa shape index (κ2) is 4.95. The number of hydrogen-bond donors (Lipinski definition) is 1. The minimum Gasteiger partial charge on any atom is -0.398 e. The summed E-state index contributed by atoms with van der Waals surface area (Å²) in [5.41, 5.74) is 7.71. The summed E-state index contributed by atoms with van der Waals surface area (Å²) in [6, 6.07) is 8.58. The van der Waals surface area contributed by atoms with Crippen molar-refractivity contribution in [1.29, 1.82) is 0 Å². The first kappa shape index (κ1) is 12.8. The van der Waals surface area contributed by atoms with Crippen LogP contribution in [0.3, 0.4) is 0 Å². The molecule has 5 heteroatoms. The zero-order chi connectivity index (χ0) is 12.6. The van der Waals surface area contributed by atoms with Crippen LogP contribution in [-0.2, 0) is 0 Å². The van der Waals surface area contributed by atoms with Gasteiger partial charge in [0.2, 0.25) is 0 Å². The molecule has 0 saturated heterocycles. The second-order valence-corrected chi connectivity index (χ2v) is 5.11. The third-order valence-electron chi connectivity index (χ3n) is 2.30. The van der Waals surface area contributed by atoms with Crippen molar-refractivity contribution in [3.8, 4) is 11.1 Å². The fourth-order valence-corrected chi connectivity index (χ4v) is 2.35. The highest BCUT2D eigenvalue weighted by atomic mass is 35.5. The van der Waals surface area contributed by atoms with Gasteiger partial charge in [-0.2, -0.15) is 0 Å². The Morgan fingerprint density at radius 1 is 0.824 bits per heavy atom. The molecule has 0 radical (unpaired) electrons. The third kappa shape index (κ3) is 2.63. The van der Waals surface area contributed by atoms with Crippen molar-refractivity contribution in [2.45, 2.75) is 0 Å². The molecular weight excluding hydrogens is 300 g/mol. The van der Waals surface area contributed by atoms with Gasteiger partial charge in [-0.15, -0.1) is 0 Å². The molecule has 0 atom stereocenters. The zero-order valence-corrected chi connectivity index (χ0v) is 11.5. The molecule has 2 rings (SSSR count). The SMILES string of the molecule is Nc1ccc(-c2cc(Cl)cc(Cl)c2Cl)cc1Cl. The van der Waals surface area contributed by atoms with Crippen molar-refractivity contribution in [3.05, 3.63) is 50.4 Å². The highest BCUT2D eigenvalue weighted by Gasteiger charge is 2.10. The van der Waals surface area contributed by atoms with E-state index in [1.54, 1.807) is 24.3 Å². The lowest BCUT2D eigenvalue weighted by Crippen LogP contribution is -1.87. The van der Waals surface area contributed by atoms with Crippen molar-refractivity contribution in [1.82, 2.24) is 0 Å². The first-order valence-electron chi connectivity index (χ1n) is 4.69. The summed E-state index contributed by atoms with van der Waals surface area (Å²) >= 11 is 24.0. The van der Waals surface area contributed by atoms with Crippen LogP contribution in [0.1, 0.15) is 0 Å². The van der Waals surface area contributed by atoms with Crippen LogP contribution in [0.5, 0.6) is 0 Å². The van der Waals surface area contributed by atoms with Gasteiger partial charge in [0.1, 0.15) is 0 Å². The fourth-order valence-electron chi connectivity index (χ4n) is 1.46. The van der Waals surface area contributed by atoms with E-state index in [0.29, 0.717) is 25.8 Å². The van der Waals surface area contributed by atoms with E-state index in [-0.39, 0.29) is 0 Å². The van der Waals surface area contributed by atoms with Crippen LogP contribution in [0, 0.1) is 0 Å². The summed E-state index contributed by atoms with van der Waals surface area (Å²) < 4.78 is 0. The summed E-state index contributed by atoms with van der Waals surface area (Å²) in [5.74, 6) is 0. The number of nitrogens with two attached hydrogens (primary N) is 1. The normalized spacial score (nSPS) is 10.6. The summed E-state index contributed by atoms with van der Waals surface area (Å²) in [7, 11) is 0. The average Bonchev–Trinajstić information content (AvgIpc) is 2.27. The van der Waals surface area contributed by atoms with Crippen LogP contribution >= 0.6 is 46.4 Å². The maximum atomic E-state index is 6.13. The Balaban J connectivity index is 2.64. The molecule has 0 aromatic heterocycles. The van der Waals surface area contributed by atoms with Gasteiger partial charge in [0.05, 0.1) is 20.8 Å². The Bertz CT molecular complexity index is 581. The van der Waals surface area contributed by atoms with Gasteiger partial charge >= 0.3 is 0 Å². The van der Waals surface area contributed by atoms with Gasteiger partial charge in [0.25, 0.3) is 0 Å². The van der Waals surface area contributed by atoms with Crippen molar-refractivity contribution in [2.75, 3.05) is 5.73 Å². The average molecular weight is 307 g/mol. The van der Waals surface area contributed by atoms with Crippen LogP contribution in [-0.4, -0.2) is 0 Å². The quantitative estimate of drug-likeness (QED) is 0.542. The number of halogens is 4. The first-order valence-corrected chi connectivity index (χ1v) is 6.20. The van der Waals surface area contributed by atoms with Crippen molar-refractivity contribution < 1.29 is 0 Å². The number of nitrogen functional groups attached to an aromatic ring is 1. The van der Waals surface area contributed by atoms with Crippen molar-refractivity contribution in [2.24, 2.45) is 0 Å². The summed E-state index contributed by atoms with van der Waals surface area (Å²) in [5, 5.41) is 1.83. The van der Waals surface area contributed by atoms with Crippen LogP contribution in [0.15, 0.2) is 30.3 Å². The van der Waals surface area contributed by atoms with Gasteiger partial charge in [-0.05, 0) is 29.8 Å². The van der Waals surface area contributed by atoms with Crippen molar-refractivity contribution >= 4 is 52.1 Å². The van der Waals surface area contributed by atoms with Gasteiger partial charge in [-0.1, -0.05) is 52.5 Å². The van der Waals surface area contributed by atoms with Crippen LogP contribution in [0.25, 0.3) is 11.1 Å². The lowest BCUT2D eigenvalue weighted by Gasteiger charge is -2.08. The van der Waals surface area contributed by atoms with E-state index in [0.717, 1.165) is 11.1 Å². The van der Waals surface area contributed by atoms with Gasteiger partial charge in [0.15, 0.2) is 0 Å². The van der Waals surface area contributed by atoms with Crippen molar-refractivity contribution in [3.63, 3.8) is 0 Å². The van der Waals surface area contributed by atoms with E-state index >= 15 is 0 Å². The molecule has 0 amide bonds. The molecule has 0 unspecified atom stereocenters. The predicted octanol–water partition coefficient (Wildman–Crippen LogP) is 5.55. The Morgan fingerprint density at radius 2 is 1.53 bits per heavy atom. The molecule has 0 spiro atoms. The highest BCUT2D eigenvalue weighted by Crippen LogP contribution is 2.37. The highest BCUT2D eigenvalue weighted by molar-refractivity contribution is 6.45. The third-order valence-corrected chi connectivity index (χ3v) is 3.65. The fraction of sp³-hybridized carbons (Fsp3) is 0. The number of benzene rings is 2. The van der Waals surface area contributed by atoms with E-state index < -0.39 is 0 Å². The monoisotopic (exact) mass is 305 g/mol. The van der Waals surface area contributed by atoms with Crippen LogP contribution in [0.4, 0.5) is 5.69 Å². The minimum atomic E-state index is 0.405. The molecule has 0 saturated carbocycles. The molecule has 0 aliphatic heterocycles. The lowest BCUT2D eigenvalue weighted by atomic mass is 10.1. The molecule has 0 fully saturated rings. The van der Waals surface area contributed by atoms with Gasteiger partial charge in [0, 0.05) is 10.6 Å². The summed E-state index contributed by atoms with van der Waals surface area (Å²) in [6.07, 6.45) is 0. The second-order valence-electron chi connectivity index (χ2n) is 3.49.